The van der Waals surface area contributed by atoms with Crippen LogP contribution in [-0.2, 0) is 6.61 Å². The third kappa shape index (κ3) is 2.72. The van der Waals surface area contributed by atoms with Gasteiger partial charge in [-0.25, -0.2) is 4.98 Å². The number of rotatable bonds is 4. The lowest BCUT2D eigenvalue weighted by Gasteiger charge is -2.12. The molecule has 20 heavy (non-hydrogen) atoms. The van der Waals surface area contributed by atoms with E-state index in [4.69, 9.17) is 4.74 Å². The molecule has 1 aromatic heterocycles. The molecule has 0 aliphatic heterocycles. The second-order valence-electron chi connectivity index (χ2n) is 4.71. The van der Waals surface area contributed by atoms with Crippen molar-refractivity contribution in [3.05, 3.63) is 78.4 Å². The summed E-state index contributed by atoms with van der Waals surface area (Å²) in [4.78, 5) is 4.08. The lowest BCUT2D eigenvalue weighted by molar-refractivity contribution is 0.305. The van der Waals surface area contributed by atoms with Crippen LogP contribution in [0, 0.1) is 6.92 Å². The number of aryl methyl sites for hydroxylation is 1. The van der Waals surface area contributed by atoms with E-state index in [0.717, 1.165) is 17.0 Å². The van der Waals surface area contributed by atoms with Crippen molar-refractivity contribution in [1.82, 2.24) is 9.55 Å². The molecule has 0 aliphatic rings. The largest absolute Gasteiger partial charge is 0.487 e. The quantitative estimate of drug-likeness (QED) is 0.717. The van der Waals surface area contributed by atoms with Crippen molar-refractivity contribution in [2.75, 3.05) is 0 Å². The first-order valence-corrected chi connectivity index (χ1v) is 6.58. The summed E-state index contributed by atoms with van der Waals surface area (Å²) in [7, 11) is 0. The number of hydrogen-bond donors (Lipinski definition) is 0. The Morgan fingerprint density at radius 1 is 1.05 bits per heavy atom. The first-order chi connectivity index (χ1) is 9.83. The van der Waals surface area contributed by atoms with E-state index in [1.165, 1.54) is 5.56 Å². The van der Waals surface area contributed by atoms with E-state index in [1.807, 2.05) is 35.0 Å². The molecule has 0 aliphatic carbocycles. The summed E-state index contributed by atoms with van der Waals surface area (Å²) < 4.78 is 7.89. The zero-order valence-corrected chi connectivity index (χ0v) is 11.4. The van der Waals surface area contributed by atoms with Crippen LogP contribution < -0.4 is 4.74 Å². The van der Waals surface area contributed by atoms with Crippen LogP contribution in [0.3, 0.4) is 0 Å². The van der Waals surface area contributed by atoms with Crippen LogP contribution in [0.5, 0.6) is 5.75 Å². The molecule has 0 radical (unpaired) electrons. The van der Waals surface area contributed by atoms with Gasteiger partial charge in [-0.05, 0) is 24.6 Å². The van der Waals surface area contributed by atoms with E-state index in [9.17, 15) is 0 Å². The standard InChI is InChI=1S/C17H16N2O/c1-14-6-8-15(9-7-14)12-20-17-5-3-2-4-16(17)19-11-10-18-13-19/h2-11,13H,12H2,1H3. The van der Waals surface area contributed by atoms with E-state index in [1.54, 1.807) is 12.5 Å². The summed E-state index contributed by atoms with van der Waals surface area (Å²) in [6.45, 7) is 2.64. The van der Waals surface area contributed by atoms with Crippen molar-refractivity contribution in [2.45, 2.75) is 13.5 Å². The van der Waals surface area contributed by atoms with Crippen LogP contribution in [0.2, 0.25) is 0 Å². The van der Waals surface area contributed by atoms with Gasteiger partial charge in [0.2, 0.25) is 0 Å². The number of aromatic nitrogens is 2. The molecule has 0 unspecified atom stereocenters. The average molecular weight is 264 g/mol. The Kier molecular flexibility index (Phi) is 3.50. The summed E-state index contributed by atoms with van der Waals surface area (Å²) in [5.41, 5.74) is 3.42. The fraction of sp³-hybridized carbons (Fsp3) is 0.118. The number of nitrogens with zero attached hydrogens (tertiary/aromatic N) is 2. The predicted molar refractivity (Wildman–Crippen MR) is 79.1 cm³/mol. The summed E-state index contributed by atoms with van der Waals surface area (Å²) in [5, 5.41) is 0. The molecule has 0 N–H and O–H groups in total. The summed E-state index contributed by atoms with van der Waals surface area (Å²) in [5.74, 6) is 0.853. The van der Waals surface area contributed by atoms with Crippen LogP contribution in [0.15, 0.2) is 67.3 Å². The highest BCUT2D eigenvalue weighted by molar-refractivity contribution is 5.46. The molecule has 0 amide bonds. The smallest absolute Gasteiger partial charge is 0.143 e. The van der Waals surface area contributed by atoms with E-state index in [0.29, 0.717) is 6.61 Å². The van der Waals surface area contributed by atoms with Crippen molar-refractivity contribution >= 4 is 0 Å². The molecule has 100 valence electrons. The molecule has 3 nitrogen and oxygen atoms in total. The van der Waals surface area contributed by atoms with E-state index in [-0.39, 0.29) is 0 Å². The van der Waals surface area contributed by atoms with Crippen LogP contribution in [0.25, 0.3) is 5.69 Å². The highest BCUT2D eigenvalue weighted by Gasteiger charge is 2.04. The summed E-state index contributed by atoms with van der Waals surface area (Å²) in [6.07, 6.45) is 5.44. The Morgan fingerprint density at radius 2 is 1.85 bits per heavy atom. The maximum absolute atomic E-state index is 5.94. The molecule has 0 atom stereocenters. The Bertz CT molecular complexity index is 672. The zero-order chi connectivity index (χ0) is 13.8. The molecule has 2 aromatic carbocycles. The lowest BCUT2D eigenvalue weighted by Crippen LogP contribution is -2.00. The SMILES string of the molecule is Cc1ccc(COc2ccccc2-n2ccnc2)cc1. The fourth-order valence-corrected chi connectivity index (χ4v) is 2.04. The van der Waals surface area contributed by atoms with Gasteiger partial charge in [0.1, 0.15) is 12.4 Å². The van der Waals surface area contributed by atoms with Crippen LogP contribution in [-0.4, -0.2) is 9.55 Å². The van der Waals surface area contributed by atoms with Crippen LogP contribution >= 0.6 is 0 Å². The molecule has 0 bridgehead atoms. The van der Waals surface area contributed by atoms with Gasteiger partial charge in [-0.15, -0.1) is 0 Å². The van der Waals surface area contributed by atoms with Gasteiger partial charge in [0.25, 0.3) is 0 Å². The van der Waals surface area contributed by atoms with Crippen molar-refractivity contribution in [1.29, 1.82) is 0 Å². The Morgan fingerprint density at radius 3 is 2.60 bits per heavy atom. The molecular weight excluding hydrogens is 248 g/mol. The number of ether oxygens (including phenoxy) is 1. The molecule has 0 spiro atoms. The molecule has 3 heteroatoms. The number of benzene rings is 2. The van der Waals surface area contributed by atoms with Crippen molar-refractivity contribution in [3.8, 4) is 11.4 Å². The average Bonchev–Trinajstić information content (AvgIpc) is 3.01. The second kappa shape index (κ2) is 5.61. The fourth-order valence-electron chi connectivity index (χ4n) is 2.04. The van der Waals surface area contributed by atoms with Crippen LogP contribution in [0.4, 0.5) is 0 Å². The number of hydrogen-bond acceptors (Lipinski definition) is 2. The highest BCUT2D eigenvalue weighted by Crippen LogP contribution is 2.23. The zero-order valence-electron chi connectivity index (χ0n) is 11.4. The van der Waals surface area contributed by atoms with Gasteiger partial charge in [0.05, 0.1) is 12.0 Å². The molecule has 3 aromatic rings. The molecule has 0 saturated heterocycles. The highest BCUT2D eigenvalue weighted by atomic mass is 16.5. The second-order valence-corrected chi connectivity index (χ2v) is 4.71. The van der Waals surface area contributed by atoms with E-state index in [2.05, 4.69) is 36.2 Å². The third-order valence-corrected chi connectivity index (χ3v) is 3.16. The first kappa shape index (κ1) is 12.5. The molecule has 3 rings (SSSR count). The molecular formula is C17H16N2O. The molecule has 1 heterocycles. The van der Waals surface area contributed by atoms with Gasteiger partial charge in [0.15, 0.2) is 0 Å². The summed E-state index contributed by atoms with van der Waals surface area (Å²) >= 11 is 0. The van der Waals surface area contributed by atoms with Crippen molar-refractivity contribution < 1.29 is 4.74 Å². The third-order valence-electron chi connectivity index (χ3n) is 3.16. The lowest BCUT2D eigenvalue weighted by atomic mass is 10.2. The van der Waals surface area contributed by atoms with Crippen molar-refractivity contribution in [2.24, 2.45) is 0 Å². The minimum atomic E-state index is 0.561. The van der Waals surface area contributed by atoms with Crippen LogP contribution in [0.1, 0.15) is 11.1 Å². The number of imidazole rings is 1. The molecule has 0 saturated carbocycles. The van der Waals surface area contributed by atoms with Gasteiger partial charge in [-0.1, -0.05) is 42.0 Å². The topological polar surface area (TPSA) is 27.1 Å². The normalized spacial score (nSPS) is 10.4. The summed E-state index contributed by atoms with van der Waals surface area (Å²) in [6, 6.07) is 16.3. The van der Waals surface area contributed by atoms with Gasteiger partial charge in [-0.2, -0.15) is 0 Å². The maximum atomic E-state index is 5.94. The minimum absolute atomic E-state index is 0.561. The molecule has 0 fully saturated rings. The van der Waals surface area contributed by atoms with Gasteiger partial charge in [-0.3, -0.25) is 0 Å². The minimum Gasteiger partial charge on any atom is -0.487 e. The van der Waals surface area contributed by atoms with Crippen molar-refractivity contribution in [3.63, 3.8) is 0 Å². The number of para-hydroxylation sites is 2. The van der Waals surface area contributed by atoms with E-state index < -0.39 is 0 Å². The first-order valence-electron chi connectivity index (χ1n) is 6.58. The van der Waals surface area contributed by atoms with Gasteiger partial charge < -0.3 is 9.30 Å². The van der Waals surface area contributed by atoms with E-state index >= 15 is 0 Å². The Labute approximate surface area is 118 Å². The Hall–Kier alpha value is -2.55. The Balaban J connectivity index is 1.79. The van der Waals surface area contributed by atoms with Gasteiger partial charge in [0, 0.05) is 12.4 Å². The predicted octanol–water partition coefficient (Wildman–Crippen LogP) is 3.76. The maximum Gasteiger partial charge on any atom is 0.143 e. The monoisotopic (exact) mass is 264 g/mol. The van der Waals surface area contributed by atoms with Gasteiger partial charge >= 0.3 is 0 Å².